The van der Waals surface area contributed by atoms with E-state index < -0.39 is 0 Å². The van der Waals surface area contributed by atoms with E-state index in [1.165, 1.54) is 23.9 Å². The summed E-state index contributed by atoms with van der Waals surface area (Å²) in [7, 11) is 0. The van der Waals surface area contributed by atoms with Crippen LogP contribution in [0.1, 0.15) is 31.1 Å². The van der Waals surface area contributed by atoms with Gasteiger partial charge in [0.25, 0.3) is 5.56 Å². The van der Waals surface area contributed by atoms with Crippen LogP contribution >= 0.6 is 11.8 Å². The molecule has 1 aromatic carbocycles. The Hall–Kier alpha value is -1.66. The Morgan fingerprint density at radius 3 is 2.90 bits per heavy atom. The van der Waals surface area contributed by atoms with E-state index >= 15 is 0 Å². The zero-order chi connectivity index (χ0) is 15.4. The van der Waals surface area contributed by atoms with E-state index in [-0.39, 0.29) is 17.4 Å². The van der Waals surface area contributed by atoms with Crippen molar-refractivity contribution in [3.05, 3.63) is 51.7 Å². The third-order valence-corrected chi connectivity index (χ3v) is 3.97. The molecule has 0 fully saturated rings. The summed E-state index contributed by atoms with van der Waals surface area (Å²) in [6.07, 6.45) is 0. The highest BCUT2D eigenvalue weighted by Crippen LogP contribution is 2.32. The Morgan fingerprint density at radius 2 is 2.24 bits per heavy atom. The van der Waals surface area contributed by atoms with Crippen LogP contribution in [0.5, 0.6) is 0 Å². The first-order valence-electron chi connectivity index (χ1n) is 6.79. The predicted octanol–water partition coefficient (Wildman–Crippen LogP) is 3.04. The molecular formula is C15H18FN3OS. The summed E-state index contributed by atoms with van der Waals surface area (Å²) < 4.78 is 14.1. The van der Waals surface area contributed by atoms with E-state index in [1.54, 1.807) is 13.0 Å². The molecule has 0 radical (unpaired) electrons. The van der Waals surface area contributed by atoms with E-state index in [0.717, 1.165) is 11.4 Å². The average molecular weight is 307 g/mol. The molecule has 0 saturated carbocycles. The molecule has 1 aromatic heterocycles. The molecule has 0 bridgehead atoms. The van der Waals surface area contributed by atoms with Crippen molar-refractivity contribution < 1.29 is 4.39 Å². The fourth-order valence-corrected chi connectivity index (χ4v) is 3.22. The lowest BCUT2D eigenvalue weighted by atomic mass is 10.1. The van der Waals surface area contributed by atoms with Gasteiger partial charge in [0.2, 0.25) is 0 Å². The first kappa shape index (κ1) is 15.7. The summed E-state index contributed by atoms with van der Waals surface area (Å²) in [6.45, 7) is 6.40. The zero-order valence-electron chi connectivity index (χ0n) is 12.2. The summed E-state index contributed by atoms with van der Waals surface area (Å²) in [5.74, 6) is -0.261. The van der Waals surface area contributed by atoms with E-state index in [0.29, 0.717) is 16.4 Å². The number of H-pyrrole nitrogens is 1. The van der Waals surface area contributed by atoms with E-state index in [4.69, 9.17) is 0 Å². The molecule has 0 aliphatic heterocycles. The van der Waals surface area contributed by atoms with Gasteiger partial charge < -0.3 is 10.3 Å². The minimum Gasteiger partial charge on any atom is -0.310 e. The maximum absolute atomic E-state index is 14.1. The topological polar surface area (TPSA) is 57.8 Å². The molecule has 2 N–H and O–H groups in total. The lowest BCUT2D eigenvalue weighted by Crippen LogP contribution is -2.19. The van der Waals surface area contributed by atoms with Gasteiger partial charge in [-0.25, -0.2) is 9.37 Å². The number of aromatic amines is 1. The van der Waals surface area contributed by atoms with Crippen molar-refractivity contribution in [3.8, 4) is 0 Å². The molecule has 0 aliphatic rings. The maximum atomic E-state index is 14.1. The molecule has 1 atom stereocenters. The van der Waals surface area contributed by atoms with Crippen LogP contribution < -0.4 is 10.9 Å². The number of rotatable bonds is 5. The van der Waals surface area contributed by atoms with E-state index in [1.807, 2.05) is 19.9 Å². The third kappa shape index (κ3) is 3.92. The normalized spacial score (nSPS) is 12.4. The summed E-state index contributed by atoms with van der Waals surface area (Å²) in [5, 5.41) is 3.67. The Balaban J connectivity index is 2.39. The van der Waals surface area contributed by atoms with E-state index in [9.17, 15) is 9.18 Å². The van der Waals surface area contributed by atoms with Gasteiger partial charge in [-0.15, -0.1) is 0 Å². The lowest BCUT2D eigenvalue weighted by molar-refractivity contribution is 0.531. The molecule has 1 heterocycles. The Bertz CT molecular complexity index is 687. The molecular weight excluding hydrogens is 289 g/mol. The minimum absolute atomic E-state index is 0.116. The number of halogens is 1. The third-order valence-electron chi connectivity index (χ3n) is 3.01. The molecule has 0 saturated heterocycles. The van der Waals surface area contributed by atoms with Crippen molar-refractivity contribution in [2.45, 2.75) is 36.9 Å². The van der Waals surface area contributed by atoms with Gasteiger partial charge in [0.05, 0.1) is 0 Å². The Kier molecular flexibility index (Phi) is 5.14. The first-order chi connectivity index (χ1) is 10.0. The molecule has 0 aliphatic carbocycles. The number of hydrogen-bond donors (Lipinski definition) is 2. The minimum atomic E-state index is -0.261. The summed E-state index contributed by atoms with van der Waals surface area (Å²) >= 11 is 1.26. The van der Waals surface area contributed by atoms with Crippen molar-refractivity contribution >= 4 is 11.8 Å². The van der Waals surface area contributed by atoms with Crippen LogP contribution in [0.25, 0.3) is 0 Å². The maximum Gasteiger partial charge on any atom is 0.251 e. The fourth-order valence-electron chi connectivity index (χ4n) is 2.14. The number of benzene rings is 1. The highest BCUT2D eigenvalue weighted by atomic mass is 32.2. The van der Waals surface area contributed by atoms with Gasteiger partial charge in [-0.1, -0.05) is 24.8 Å². The summed E-state index contributed by atoms with van der Waals surface area (Å²) in [4.78, 5) is 19.2. The second-order valence-corrected chi connectivity index (χ2v) is 5.76. The van der Waals surface area contributed by atoms with Crippen LogP contribution in [0.4, 0.5) is 4.39 Å². The predicted molar refractivity (Wildman–Crippen MR) is 82.2 cm³/mol. The molecule has 1 unspecified atom stereocenters. The Morgan fingerprint density at radius 1 is 1.48 bits per heavy atom. The number of hydrogen-bond acceptors (Lipinski definition) is 4. The molecule has 4 nitrogen and oxygen atoms in total. The smallest absolute Gasteiger partial charge is 0.251 e. The number of nitrogens with zero attached hydrogens (tertiary/aromatic N) is 1. The number of nitrogens with one attached hydrogen (secondary N) is 2. The van der Waals surface area contributed by atoms with Crippen LogP contribution in [-0.4, -0.2) is 16.5 Å². The van der Waals surface area contributed by atoms with Crippen molar-refractivity contribution in [1.29, 1.82) is 0 Å². The van der Waals surface area contributed by atoms with Crippen LogP contribution in [0.3, 0.4) is 0 Å². The van der Waals surface area contributed by atoms with Crippen molar-refractivity contribution in [1.82, 2.24) is 15.3 Å². The molecule has 2 aromatic rings. The van der Waals surface area contributed by atoms with Gasteiger partial charge in [0.15, 0.2) is 5.16 Å². The second kappa shape index (κ2) is 6.87. The van der Waals surface area contributed by atoms with Crippen molar-refractivity contribution in [2.75, 3.05) is 6.54 Å². The van der Waals surface area contributed by atoms with Crippen LogP contribution in [0.15, 0.2) is 39.1 Å². The summed E-state index contributed by atoms with van der Waals surface area (Å²) in [5.41, 5.74) is 1.02. The van der Waals surface area contributed by atoms with Gasteiger partial charge in [0.1, 0.15) is 5.82 Å². The summed E-state index contributed by atoms with van der Waals surface area (Å²) in [6, 6.07) is 6.25. The molecule has 0 amide bonds. The molecule has 2 rings (SSSR count). The van der Waals surface area contributed by atoms with Gasteiger partial charge in [-0.3, -0.25) is 4.79 Å². The Labute approximate surface area is 127 Å². The lowest BCUT2D eigenvalue weighted by Gasteiger charge is -2.17. The van der Waals surface area contributed by atoms with Gasteiger partial charge in [-0.2, -0.15) is 0 Å². The largest absolute Gasteiger partial charge is 0.310 e. The molecule has 6 heteroatoms. The monoisotopic (exact) mass is 307 g/mol. The van der Waals surface area contributed by atoms with Crippen LogP contribution in [-0.2, 0) is 0 Å². The SMILES string of the molecule is CCNC(C)c1c(F)cccc1Sc1nc(C)cc(=O)[nH]1. The highest BCUT2D eigenvalue weighted by Gasteiger charge is 2.16. The van der Waals surface area contributed by atoms with Crippen LogP contribution in [0, 0.1) is 12.7 Å². The first-order valence-corrected chi connectivity index (χ1v) is 7.60. The van der Waals surface area contributed by atoms with Crippen molar-refractivity contribution in [2.24, 2.45) is 0 Å². The average Bonchev–Trinajstić information content (AvgIpc) is 2.37. The van der Waals surface area contributed by atoms with Crippen molar-refractivity contribution in [3.63, 3.8) is 0 Å². The van der Waals surface area contributed by atoms with Crippen LogP contribution in [0.2, 0.25) is 0 Å². The second-order valence-electron chi connectivity index (χ2n) is 4.73. The molecule has 21 heavy (non-hydrogen) atoms. The van der Waals surface area contributed by atoms with Gasteiger partial charge in [-0.05, 0) is 32.5 Å². The van der Waals surface area contributed by atoms with Gasteiger partial charge in [0, 0.05) is 28.3 Å². The van der Waals surface area contributed by atoms with Gasteiger partial charge >= 0.3 is 0 Å². The standard InChI is InChI=1S/C15H18FN3OS/c1-4-17-10(3)14-11(16)6-5-7-12(14)21-15-18-9(2)8-13(20)19-15/h5-8,10,17H,4H2,1-3H3,(H,18,19,20). The quantitative estimate of drug-likeness (QED) is 0.834. The fraction of sp³-hybridized carbons (Fsp3) is 0.333. The molecule has 112 valence electrons. The zero-order valence-corrected chi connectivity index (χ0v) is 13.1. The molecule has 0 spiro atoms. The highest BCUT2D eigenvalue weighted by molar-refractivity contribution is 7.99. The number of aromatic nitrogens is 2. The number of aryl methyl sites for hydroxylation is 1. The van der Waals surface area contributed by atoms with E-state index in [2.05, 4.69) is 15.3 Å².